The molecule has 1 aliphatic carbocycles. The van der Waals surface area contributed by atoms with E-state index < -0.39 is 23.5 Å². The van der Waals surface area contributed by atoms with Crippen molar-refractivity contribution in [2.75, 3.05) is 13.1 Å². The van der Waals surface area contributed by atoms with Crippen molar-refractivity contribution in [1.82, 2.24) is 20.2 Å². The minimum absolute atomic E-state index is 0.0737. The van der Waals surface area contributed by atoms with Crippen molar-refractivity contribution in [1.29, 1.82) is 0 Å². The van der Waals surface area contributed by atoms with Crippen LogP contribution in [0.5, 0.6) is 0 Å². The summed E-state index contributed by atoms with van der Waals surface area (Å²) in [5.41, 5.74) is 6.18. The highest BCUT2D eigenvalue weighted by Gasteiger charge is 2.30. The van der Waals surface area contributed by atoms with E-state index in [-0.39, 0.29) is 36.3 Å². The van der Waals surface area contributed by atoms with Gasteiger partial charge in [-0.1, -0.05) is 0 Å². The van der Waals surface area contributed by atoms with Gasteiger partial charge in [-0.2, -0.15) is 0 Å². The second kappa shape index (κ2) is 9.23. The molecule has 2 aromatic rings. The number of rotatable bonds is 7. The molecule has 1 saturated heterocycles. The topological polar surface area (TPSA) is 101 Å². The van der Waals surface area contributed by atoms with Gasteiger partial charge in [-0.05, 0) is 43.4 Å². The zero-order chi connectivity index (χ0) is 22.8. The summed E-state index contributed by atoms with van der Waals surface area (Å²) in [6.07, 6.45) is 4.07. The summed E-state index contributed by atoms with van der Waals surface area (Å²) in [6, 6.07) is 1.83. The summed E-state index contributed by atoms with van der Waals surface area (Å²) in [4.78, 5) is 35.2. The molecule has 2 fully saturated rings. The summed E-state index contributed by atoms with van der Waals surface area (Å²) in [5.74, 6) is -2.85. The second-order valence-electron chi connectivity index (χ2n) is 8.40. The van der Waals surface area contributed by atoms with Crippen LogP contribution >= 0.6 is 0 Å². The molecular formula is C22H24F3N5O2. The van der Waals surface area contributed by atoms with Crippen molar-refractivity contribution < 1.29 is 22.8 Å². The normalized spacial score (nSPS) is 19.1. The van der Waals surface area contributed by atoms with Gasteiger partial charge in [0, 0.05) is 49.8 Å². The Bertz CT molecular complexity index is 1030. The Hall–Kier alpha value is -3.01. The molecule has 1 aliphatic heterocycles. The molecule has 4 rings (SSSR count). The molecule has 0 unspecified atom stereocenters. The molecule has 3 N–H and O–H groups in total. The molecule has 0 spiro atoms. The van der Waals surface area contributed by atoms with Gasteiger partial charge in [0.2, 0.25) is 5.91 Å². The fraction of sp³-hybridized carbons (Fsp3) is 0.455. The van der Waals surface area contributed by atoms with E-state index in [0.29, 0.717) is 43.0 Å². The van der Waals surface area contributed by atoms with Crippen LogP contribution in [0.2, 0.25) is 0 Å². The Kier molecular flexibility index (Phi) is 6.40. The van der Waals surface area contributed by atoms with Gasteiger partial charge in [-0.15, -0.1) is 0 Å². The van der Waals surface area contributed by atoms with Gasteiger partial charge < -0.3 is 16.0 Å². The number of likely N-dealkylation sites (tertiary alicyclic amines) is 1. The minimum atomic E-state index is -1.27. The van der Waals surface area contributed by atoms with E-state index in [9.17, 15) is 22.8 Å². The maximum atomic E-state index is 13.8. The van der Waals surface area contributed by atoms with Gasteiger partial charge in [0.1, 0.15) is 17.3 Å². The quantitative estimate of drug-likeness (QED) is 0.633. The van der Waals surface area contributed by atoms with Gasteiger partial charge in [0.15, 0.2) is 11.6 Å². The van der Waals surface area contributed by atoms with Crippen LogP contribution in [0.25, 0.3) is 0 Å². The van der Waals surface area contributed by atoms with E-state index in [1.165, 1.54) is 0 Å². The molecule has 7 nitrogen and oxygen atoms in total. The molecule has 1 saturated carbocycles. The van der Waals surface area contributed by atoms with Crippen LogP contribution < -0.4 is 11.1 Å². The van der Waals surface area contributed by atoms with Crippen molar-refractivity contribution in [3.63, 3.8) is 0 Å². The van der Waals surface area contributed by atoms with Crippen molar-refractivity contribution in [2.45, 2.75) is 50.1 Å². The third-order valence-corrected chi connectivity index (χ3v) is 5.73. The van der Waals surface area contributed by atoms with Gasteiger partial charge in [0.05, 0.1) is 0 Å². The lowest BCUT2D eigenvalue weighted by molar-refractivity contribution is -0.130. The first-order chi connectivity index (χ1) is 15.3. The average Bonchev–Trinajstić information content (AvgIpc) is 3.51. The van der Waals surface area contributed by atoms with Crippen LogP contribution in [-0.4, -0.2) is 51.9 Å². The zero-order valence-corrected chi connectivity index (χ0v) is 17.4. The maximum absolute atomic E-state index is 13.8. The van der Waals surface area contributed by atoms with Crippen LogP contribution in [0, 0.1) is 17.5 Å². The molecule has 1 aromatic heterocycles. The fourth-order valence-corrected chi connectivity index (χ4v) is 3.83. The Balaban J connectivity index is 1.27. The van der Waals surface area contributed by atoms with E-state index in [4.69, 9.17) is 5.73 Å². The van der Waals surface area contributed by atoms with Crippen LogP contribution in [0.1, 0.15) is 53.5 Å². The number of halogens is 3. The predicted octanol–water partition coefficient (Wildman–Crippen LogP) is 2.06. The van der Waals surface area contributed by atoms with Crippen molar-refractivity contribution in [3.05, 3.63) is 58.9 Å². The number of nitrogens with one attached hydrogen (secondary N) is 1. The molecule has 170 valence electrons. The summed E-state index contributed by atoms with van der Waals surface area (Å²) in [5, 5.41) is 2.90. The number of nitrogens with two attached hydrogens (primary N) is 1. The zero-order valence-electron chi connectivity index (χ0n) is 17.4. The average molecular weight is 447 g/mol. The van der Waals surface area contributed by atoms with E-state index in [0.717, 1.165) is 18.9 Å². The Labute approximate surface area is 183 Å². The number of carbonyl (C=O) groups is 2. The third kappa shape index (κ3) is 5.24. The summed E-state index contributed by atoms with van der Waals surface area (Å²) < 4.78 is 40.2. The van der Waals surface area contributed by atoms with Crippen LogP contribution in [0.4, 0.5) is 13.2 Å². The van der Waals surface area contributed by atoms with Crippen molar-refractivity contribution >= 4 is 11.8 Å². The van der Waals surface area contributed by atoms with Crippen LogP contribution in [-0.2, 0) is 11.2 Å². The minimum Gasteiger partial charge on any atom is -0.346 e. The Morgan fingerprint density at radius 3 is 2.66 bits per heavy atom. The van der Waals surface area contributed by atoms with Gasteiger partial charge in [-0.3, -0.25) is 9.59 Å². The lowest BCUT2D eigenvalue weighted by atomic mass is 10.0. The Morgan fingerprint density at radius 2 is 1.91 bits per heavy atom. The van der Waals surface area contributed by atoms with Crippen molar-refractivity contribution in [2.24, 2.45) is 5.73 Å². The first-order valence-corrected chi connectivity index (χ1v) is 10.6. The van der Waals surface area contributed by atoms with E-state index in [2.05, 4.69) is 15.3 Å². The van der Waals surface area contributed by atoms with Crippen LogP contribution in [0.15, 0.2) is 24.4 Å². The predicted molar refractivity (Wildman–Crippen MR) is 109 cm³/mol. The number of nitrogens with zero attached hydrogens (tertiary/aromatic N) is 3. The van der Waals surface area contributed by atoms with Crippen LogP contribution in [0.3, 0.4) is 0 Å². The third-order valence-electron chi connectivity index (χ3n) is 5.73. The number of carbonyl (C=O) groups excluding carboxylic acids is 2. The molecule has 2 atom stereocenters. The number of aromatic nitrogens is 2. The molecule has 32 heavy (non-hydrogen) atoms. The highest BCUT2D eigenvalue weighted by Crippen LogP contribution is 2.37. The molecular weight excluding hydrogens is 423 g/mol. The lowest BCUT2D eigenvalue weighted by Crippen LogP contribution is -2.40. The molecule has 2 amide bonds. The molecule has 2 aliphatic rings. The standard InChI is InChI=1S/C22H24F3N5O2/c23-16-10-18(25)17(24)8-13(16)7-14(26)9-20(31)30-6-4-15(11-30)28-22(32)19-3-5-27-21(29-19)12-1-2-12/h3,5,8,10,12,14-15H,1-2,4,6-7,9,11,26H2,(H,28,32)/t14-,15+/m1/s1. The number of hydrogen-bond donors (Lipinski definition) is 2. The van der Waals surface area contributed by atoms with E-state index in [1.807, 2.05) is 0 Å². The smallest absolute Gasteiger partial charge is 0.270 e. The van der Waals surface area contributed by atoms with Gasteiger partial charge >= 0.3 is 0 Å². The van der Waals surface area contributed by atoms with Gasteiger partial charge in [-0.25, -0.2) is 23.1 Å². The van der Waals surface area contributed by atoms with Gasteiger partial charge in [0.25, 0.3) is 5.91 Å². The molecule has 1 aromatic carbocycles. The molecule has 0 radical (unpaired) electrons. The molecule has 2 heterocycles. The molecule has 10 heteroatoms. The largest absolute Gasteiger partial charge is 0.346 e. The van der Waals surface area contributed by atoms with E-state index >= 15 is 0 Å². The van der Waals surface area contributed by atoms with Crippen molar-refractivity contribution in [3.8, 4) is 0 Å². The number of benzene rings is 1. The fourth-order valence-electron chi connectivity index (χ4n) is 3.83. The second-order valence-corrected chi connectivity index (χ2v) is 8.40. The highest BCUT2D eigenvalue weighted by molar-refractivity contribution is 5.92. The molecule has 0 bridgehead atoms. The number of amides is 2. The highest BCUT2D eigenvalue weighted by atomic mass is 19.2. The SMILES string of the molecule is N[C@@H](CC(=O)N1CC[C@H](NC(=O)c2ccnc(C3CC3)n2)C1)Cc1cc(F)c(F)cc1F. The summed E-state index contributed by atoms with van der Waals surface area (Å²) in [6.45, 7) is 0.782. The maximum Gasteiger partial charge on any atom is 0.270 e. The summed E-state index contributed by atoms with van der Waals surface area (Å²) >= 11 is 0. The first kappa shape index (κ1) is 22.2. The number of hydrogen-bond acceptors (Lipinski definition) is 5. The lowest BCUT2D eigenvalue weighted by Gasteiger charge is -2.20. The first-order valence-electron chi connectivity index (χ1n) is 10.6. The monoisotopic (exact) mass is 447 g/mol. The Morgan fingerprint density at radius 1 is 1.16 bits per heavy atom. The van der Waals surface area contributed by atoms with E-state index in [1.54, 1.807) is 17.2 Å². The summed E-state index contributed by atoms with van der Waals surface area (Å²) in [7, 11) is 0.